The highest BCUT2D eigenvalue weighted by Crippen LogP contribution is 2.29. The monoisotopic (exact) mass is 495 g/mol. The molecule has 8 heteroatoms. The zero-order valence-corrected chi connectivity index (χ0v) is 21.3. The Hall–Kier alpha value is -3.62. The van der Waals surface area contributed by atoms with Crippen molar-refractivity contribution in [3.8, 4) is 22.5 Å². The normalized spacial score (nSPS) is 16.6. The number of anilines is 1. The van der Waals surface area contributed by atoms with Crippen molar-refractivity contribution in [1.82, 2.24) is 29.6 Å². The SMILES string of the molecule is CCn1cc(-c2ccnc(Cc3ccc(N4CCN(CC5COC5)CC4)cc3)n2)c(-c2cccnc2)n1. The summed E-state index contributed by atoms with van der Waals surface area (Å²) in [5, 5.41) is 4.77. The van der Waals surface area contributed by atoms with E-state index in [1.165, 1.54) is 17.8 Å². The number of benzene rings is 1. The van der Waals surface area contributed by atoms with E-state index in [9.17, 15) is 0 Å². The summed E-state index contributed by atoms with van der Waals surface area (Å²) in [7, 11) is 0. The molecule has 1 aromatic carbocycles. The van der Waals surface area contributed by atoms with Crippen molar-refractivity contribution in [2.24, 2.45) is 5.92 Å². The van der Waals surface area contributed by atoms with Crippen LogP contribution in [0.1, 0.15) is 18.3 Å². The lowest BCUT2D eigenvalue weighted by Crippen LogP contribution is -2.50. The number of hydrogen-bond acceptors (Lipinski definition) is 7. The molecule has 2 saturated heterocycles. The summed E-state index contributed by atoms with van der Waals surface area (Å²) in [6.45, 7) is 10.3. The van der Waals surface area contributed by atoms with E-state index < -0.39 is 0 Å². The van der Waals surface area contributed by atoms with Gasteiger partial charge in [-0.1, -0.05) is 12.1 Å². The first-order valence-corrected chi connectivity index (χ1v) is 13.2. The quantitative estimate of drug-likeness (QED) is 0.368. The predicted molar refractivity (Wildman–Crippen MR) is 144 cm³/mol. The van der Waals surface area contributed by atoms with Crippen molar-refractivity contribution in [3.63, 3.8) is 0 Å². The molecule has 2 aliphatic heterocycles. The zero-order chi connectivity index (χ0) is 25.0. The Morgan fingerprint density at radius 1 is 0.973 bits per heavy atom. The molecule has 0 amide bonds. The number of ether oxygens (including phenoxy) is 1. The van der Waals surface area contributed by atoms with Crippen LogP contribution in [0.2, 0.25) is 0 Å². The van der Waals surface area contributed by atoms with Gasteiger partial charge in [0, 0.05) is 93.2 Å². The van der Waals surface area contributed by atoms with Gasteiger partial charge in [0.1, 0.15) is 11.5 Å². The Kier molecular flexibility index (Phi) is 6.92. The van der Waals surface area contributed by atoms with E-state index >= 15 is 0 Å². The molecule has 0 radical (unpaired) electrons. The maximum atomic E-state index is 5.33. The van der Waals surface area contributed by atoms with Crippen LogP contribution in [-0.2, 0) is 17.7 Å². The highest BCUT2D eigenvalue weighted by Gasteiger charge is 2.24. The first kappa shape index (κ1) is 23.8. The lowest BCUT2D eigenvalue weighted by molar-refractivity contribution is -0.0468. The van der Waals surface area contributed by atoms with Gasteiger partial charge in [0.05, 0.1) is 18.9 Å². The van der Waals surface area contributed by atoms with E-state index in [1.807, 2.05) is 35.3 Å². The second-order valence-corrected chi connectivity index (χ2v) is 9.88. The van der Waals surface area contributed by atoms with E-state index in [0.29, 0.717) is 6.42 Å². The Bertz CT molecular complexity index is 1310. The Balaban J connectivity index is 1.13. The molecule has 5 heterocycles. The third kappa shape index (κ3) is 5.40. The second-order valence-electron chi connectivity index (χ2n) is 9.88. The number of aromatic nitrogens is 5. The lowest BCUT2D eigenvalue weighted by atomic mass is 10.1. The minimum absolute atomic E-state index is 0.690. The number of hydrogen-bond donors (Lipinski definition) is 0. The molecule has 6 rings (SSSR count). The smallest absolute Gasteiger partial charge is 0.133 e. The largest absolute Gasteiger partial charge is 0.381 e. The molecule has 37 heavy (non-hydrogen) atoms. The highest BCUT2D eigenvalue weighted by molar-refractivity contribution is 5.78. The van der Waals surface area contributed by atoms with Crippen LogP contribution in [-0.4, -0.2) is 75.6 Å². The van der Waals surface area contributed by atoms with Gasteiger partial charge in [-0.2, -0.15) is 5.10 Å². The van der Waals surface area contributed by atoms with Crippen molar-refractivity contribution >= 4 is 5.69 Å². The summed E-state index contributed by atoms with van der Waals surface area (Å²) in [6, 6.07) is 14.8. The summed E-state index contributed by atoms with van der Waals surface area (Å²) < 4.78 is 7.27. The third-order valence-electron chi connectivity index (χ3n) is 7.26. The van der Waals surface area contributed by atoms with Gasteiger partial charge in [0.15, 0.2) is 0 Å². The Labute approximate surface area is 218 Å². The van der Waals surface area contributed by atoms with Gasteiger partial charge in [0.2, 0.25) is 0 Å². The minimum atomic E-state index is 0.690. The molecule has 4 aromatic rings. The van der Waals surface area contributed by atoms with Gasteiger partial charge in [0.25, 0.3) is 0 Å². The summed E-state index contributed by atoms with van der Waals surface area (Å²) in [5.41, 5.74) is 6.26. The third-order valence-corrected chi connectivity index (χ3v) is 7.26. The number of nitrogens with zero attached hydrogens (tertiary/aromatic N) is 7. The fourth-order valence-corrected chi connectivity index (χ4v) is 5.07. The van der Waals surface area contributed by atoms with Gasteiger partial charge >= 0.3 is 0 Å². The van der Waals surface area contributed by atoms with E-state index in [0.717, 1.165) is 80.2 Å². The summed E-state index contributed by atoms with van der Waals surface area (Å²) in [6.07, 6.45) is 8.22. The van der Waals surface area contributed by atoms with Crippen LogP contribution in [0.25, 0.3) is 22.5 Å². The average molecular weight is 496 g/mol. The molecular weight excluding hydrogens is 462 g/mol. The fraction of sp³-hybridized carbons (Fsp3) is 0.379. The van der Waals surface area contributed by atoms with Crippen LogP contribution in [0, 0.1) is 5.92 Å². The molecular formula is C29H33N7O. The Morgan fingerprint density at radius 3 is 2.51 bits per heavy atom. The van der Waals surface area contributed by atoms with Crippen LogP contribution in [0.4, 0.5) is 5.69 Å². The number of piperazine rings is 1. The molecule has 0 bridgehead atoms. The standard InChI is InChI=1S/C29H33N7O/c1-2-36-19-26(29(33-36)24-4-3-10-30-17-24)27-9-11-31-28(32-27)16-22-5-7-25(8-6-22)35-14-12-34(13-15-35)18-23-20-37-21-23/h3-11,17,19,23H,2,12-16,18,20-21H2,1H3. The molecule has 0 unspecified atom stereocenters. The molecule has 0 aliphatic carbocycles. The van der Waals surface area contributed by atoms with Gasteiger partial charge < -0.3 is 9.64 Å². The lowest BCUT2D eigenvalue weighted by Gasteiger charge is -2.39. The van der Waals surface area contributed by atoms with Crippen LogP contribution in [0.5, 0.6) is 0 Å². The van der Waals surface area contributed by atoms with Gasteiger partial charge in [-0.3, -0.25) is 14.6 Å². The molecule has 0 spiro atoms. The topological polar surface area (TPSA) is 72.2 Å². The number of rotatable bonds is 8. The summed E-state index contributed by atoms with van der Waals surface area (Å²) in [4.78, 5) is 18.8. The summed E-state index contributed by atoms with van der Waals surface area (Å²) >= 11 is 0. The van der Waals surface area contributed by atoms with Crippen molar-refractivity contribution in [3.05, 3.63) is 78.6 Å². The van der Waals surface area contributed by atoms with Crippen molar-refractivity contribution in [1.29, 1.82) is 0 Å². The molecule has 3 aromatic heterocycles. The second kappa shape index (κ2) is 10.8. The summed E-state index contributed by atoms with van der Waals surface area (Å²) in [5.74, 6) is 1.54. The van der Waals surface area contributed by atoms with E-state index in [1.54, 1.807) is 6.20 Å². The van der Waals surface area contributed by atoms with Crippen molar-refractivity contribution in [2.75, 3.05) is 50.8 Å². The van der Waals surface area contributed by atoms with Gasteiger partial charge in [-0.25, -0.2) is 9.97 Å². The van der Waals surface area contributed by atoms with Crippen LogP contribution in [0.3, 0.4) is 0 Å². The molecule has 0 atom stereocenters. The molecule has 190 valence electrons. The minimum Gasteiger partial charge on any atom is -0.381 e. The van der Waals surface area contributed by atoms with Crippen LogP contribution in [0.15, 0.2) is 67.3 Å². The van der Waals surface area contributed by atoms with E-state index in [4.69, 9.17) is 14.8 Å². The van der Waals surface area contributed by atoms with Gasteiger partial charge in [-0.15, -0.1) is 0 Å². The Morgan fingerprint density at radius 2 is 1.81 bits per heavy atom. The maximum Gasteiger partial charge on any atom is 0.133 e. The molecule has 0 N–H and O–H groups in total. The molecule has 8 nitrogen and oxygen atoms in total. The number of pyridine rings is 1. The van der Waals surface area contributed by atoms with E-state index in [2.05, 4.69) is 57.2 Å². The van der Waals surface area contributed by atoms with Crippen LogP contribution < -0.4 is 4.90 Å². The average Bonchev–Trinajstić information content (AvgIpc) is 3.37. The molecule has 0 saturated carbocycles. The predicted octanol–water partition coefficient (Wildman–Crippen LogP) is 3.78. The van der Waals surface area contributed by atoms with Crippen molar-refractivity contribution < 1.29 is 4.74 Å². The molecule has 2 fully saturated rings. The highest BCUT2D eigenvalue weighted by atomic mass is 16.5. The van der Waals surface area contributed by atoms with Crippen LogP contribution >= 0.6 is 0 Å². The van der Waals surface area contributed by atoms with E-state index in [-0.39, 0.29) is 0 Å². The maximum absolute atomic E-state index is 5.33. The molecule has 2 aliphatic rings. The van der Waals surface area contributed by atoms with Crippen molar-refractivity contribution in [2.45, 2.75) is 19.9 Å². The number of aryl methyl sites for hydroxylation is 1. The van der Waals surface area contributed by atoms with Gasteiger partial charge in [-0.05, 0) is 42.8 Å². The zero-order valence-electron chi connectivity index (χ0n) is 21.3. The fourth-order valence-electron chi connectivity index (χ4n) is 5.07. The first-order valence-electron chi connectivity index (χ1n) is 13.2. The first-order chi connectivity index (χ1) is 18.2.